The average molecular weight is 312 g/mol. The fraction of sp³-hybridized carbons (Fsp3) is 0.421. The van der Waals surface area contributed by atoms with Gasteiger partial charge in [-0.05, 0) is 43.0 Å². The second-order valence-electron chi connectivity index (χ2n) is 5.78. The van der Waals surface area contributed by atoms with Crippen LogP contribution in [0.2, 0.25) is 0 Å². The summed E-state index contributed by atoms with van der Waals surface area (Å²) in [5.41, 5.74) is 3.07. The van der Waals surface area contributed by atoms with Gasteiger partial charge in [0.1, 0.15) is 0 Å². The maximum Gasteiger partial charge on any atom is 0.303 e. The van der Waals surface area contributed by atoms with Crippen molar-refractivity contribution in [2.45, 2.75) is 51.4 Å². The molecule has 0 aromatic carbocycles. The van der Waals surface area contributed by atoms with Gasteiger partial charge in [-0.2, -0.15) is 0 Å². The highest BCUT2D eigenvalue weighted by Gasteiger charge is 2.01. The van der Waals surface area contributed by atoms with Gasteiger partial charge in [-0.1, -0.05) is 37.8 Å². The van der Waals surface area contributed by atoms with E-state index in [2.05, 4.69) is 16.0 Å². The highest BCUT2D eigenvalue weighted by Crippen LogP contribution is 2.15. The van der Waals surface area contributed by atoms with Gasteiger partial charge < -0.3 is 5.11 Å². The lowest BCUT2D eigenvalue weighted by Gasteiger charge is -2.04. The average Bonchev–Trinajstić information content (AvgIpc) is 2.58. The van der Waals surface area contributed by atoms with E-state index >= 15 is 0 Å². The van der Waals surface area contributed by atoms with Crippen LogP contribution in [0.25, 0.3) is 11.4 Å². The van der Waals surface area contributed by atoms with Gasteiger partial charge in [-0.25, -0.2) is 0 Å². The van der Waals surface area contributed by atoms with Gasteiger partial charge in [-0.3, -0.25) is 14.8 Å². The first kappa shape index (κ1) is 17.1. The molecule has 0 aliphatic heterocycles. The van der Waals surface area contributed by atoms with Crippen LogP contribution in [-0.4, -0.2) is 21.0 Å². The number of hydrogen-bond acceptors (Lipinski definition) is 3. The molecule has 0 amide bonds. The van der Waals surface area contributed by atoms with Crippen LogP contribution in [0.5, 0.6) is 0 Å². The molecule has 0 spiro atoms. The van der Waals surface area contributed by atoms with Gasteiger partial charge in [0.15, 0.2) is 0 Å². The number of hydrogen-bond donors (Lipinski definition) is 1. The maximum atomic E-state index is 10.4. The minimum absolute atomic E-state index is 0.300. The van der Waals surface area contributed by atoms with E-state index in [-0.39, 0.29) is 0 Å². The molecule has 2 rings (SSSR count). The molecule has 122 valence electrons. The molecular formula is C19H24N2O2. The molecule has 2 aromatic rings. The highest BCUT2D eigenvalue weighted by molar-refractivity contribution is 5.66. The largest absolute Gasteiger partial charge is 0.481 e. The fourth-order valence-electron chi connectivity index (χ4n) is 2.55. The first-order valence-corrected chi connectivity index (χ1v) is 8.34. The number of unbranched alkanes of at least 4 members (excludes halogenated alkanes) is 5. The highest BCUT2D eigenvalue weighted by atomic mass is 16.4. The molecule has 4 heteroatoms. The minimum atomic E-state index is -0.688. The minimum Gasteiger partial charge on any atom is -0.481 e. The molecule has 23 heavy (non-hydrogen) atoms. The number of aryl methyl sites for hydroxylation is 1. The van der Waals surface area contributed by atoms with Crippen LogP contribution in [0.3, 0.4) is 0 Å². The van der Waals surface area contributed by atoms with Gasteiger partial charge in [0.05, 0.1) is 11.4 Å². The Balaban J connectivity index is 1.62. The summed E-state index contributed by atoms with van der Waals surface area (Å²) >= 11 is 0. The summed E-state index contributed by atoms with van der Waals surface area (Å²) in [6.07, 6.45) is 11.5. The van der Waals surface area contributed by atoms with Crippen LogP contribution in [0.1, 0.15) is 50.5 Å². The van der Waals surface area contributed by atoms with Crippen molar-refractivity contribution in [3.05, 3.63) is 48.3 Å². The number of carboxylic acid groups (broad SMARTS) is 1. The van der Waals surface area contributed by atoms with Crippen molar-refractivity contribution in [2.75, 3.05) is 0 Å². The summed E-state index contributed by atoms with van der Waals surface area (Å²) in [4.78, 5) is 19.2. The summed E-state index contributed by atoms with van der Waals surface area (Å²) < 4.78 is 0. The van der Waals surface area contributed by atoms with Gasteiger partial charge in [0, 0.05) is 18.8 Å². The summed E-state index contributed by atoms with van der Waals surface area (Å²) in [6.45, 7) is 0. The van der Waals surface area contributed by atoms with Crippen molar-refractivity contribution in [3.8, 4) is 11.4 Å². The molecular weight excluding hydrogens is 288 g/mol. The molecule has 0 unspecified atom stereocenters. The number of rotatable bonds is 10. The Morgan fingerprint density at radius 3 is 2.26 bits per heavy atom. The molecule has 4 nitrogen and oxygen atoms in total. The van der Waals surface area contributed by atoms with E-state index in [4.69, 9.17) is 5.11 Å². The number of aromatic nitrogens is 2. The fourth-order valence-corrected chi connectivity index (χ4v) is 2.55. The first-order chi connectivity index (χ1) is 11.3. The monoisotopic (exact) mass is 312 g/mol. The number of carboxylic acids is 1. The standard InChI is InChI=1S/C19H24N2O2/c22-19(23)11-6-4-2-1-3-5-9-16-12-13-18(21-15-16)17-10-7-8-14-20-17/h7-8,10,12-15H,1-6,9,11H2,(H,22,23). The molecule has 0 atom stereocenters. The van der Waals surface area contributed by atoms with E-state index in [0.717, 1.165) is 43.5 Å². The molecule has 0 aliphatic carbocycles. The molecule has 0 saturated carbocycles. The van der Waals surface area contributed by atoms with Crippen LogP contribution < -0.4 is 0 Å². The van der Waals surface area contributed by atoms with E-state index in [0.29, 0.717) is 6.42 Å². The number of pyridine rings is 2. The Morgan fingerprint density at radius 1 is 0.870 bits per heavy atom. The Hall–Kier alpha value is -2.23. The molecule has 1 N–H and O–H groups in total. The van der Waals surface area contributed by atoms with E-state index in [9.17, 15) is 4.79 Å². The summed E-state index contributed by atoms with van der Waals surface area (Å²) in [5, 5.41) is 8.56. The molecule has 0 bridgehead atoms. The van der Waals surface area contributed by atoms with Crippen molar-refractivity contribution < 1.29 is 9.90 Å². The third-order valence-electron chi connectivity index (χ3n) is 3.86. The van der Waals surface area contributed by atoms with Crippen molar-refractivity contribution in [3.63, 3.8) is 0 Å². The van der Waals surface area contributed by atoms with Crippen LogP contribution in [0.15, 0.2) is 42.7 Å². The Bertz CT molecular complexity index is 582. The number of carbonyl (C=O) groups is 1. The molecule has 0 radical (unpaired) electrons. The van der Waals surface area contributed by atoms with E-state index in [1.165, 1.54) is 18.4 Å². The van der Waals surface area contributed by atoms with Crippen molar-refractivity contribution in [1.29, 1.82) is 0 Å². The van der Waals surface area contributed by atoms with E-state index in [1.54, 1.807) is 6.20 Å². The van der Waals surface area contributed by atoms with Crippen LogP contribution >= 0.6 is 0 Å². The third kappa shape index (κ3) is 6.59. The SMILES string of the molecule is O=C(O)CCCCCCCCc1ccc(-c2ccccn2)nc1. The third-order valence-corrected chi connectivity index (χ3v) is 3.86. The lowest BCUT2D eigenvalue weighted by atomic mass is 10.1. The normalized spacial score (nSPS) is 10.6. The molecule has 2 aromatic heterocycles. The maximum absolute atomic E-state index is 10.4. The topological polar surface area (TPSA) is 63.1 Å². The quantitative estimate of drug-likeness (QED) is 0.656. The van der Waals surface area contributed by atoms with Crippen molar-refractivity contribution in [2.24, 2.45) is 0 Å². The zero-order valence-electron chi connectivity index (χ0n) is 13.4. The van der Waals surface area contributed by atoms with Gasteiger partial charge in [-0.15, -0.1) is 0 Å². The van der Waals surface area contributed by atoms with Crippen LogP contribution in [0, 0.1) is 0 Å². The van der Waals surface area contributed by atoms with Crippen molar-refractivity contribution >= 4 is 5.97 Å². The zero-order chi connectivity index (χ0) is 16.3. The summed E-state index contributed by atoms with van der Waals surface area (Å²) in [5.74, 6) is -0.688. The van der Waals surface area contributed by atoms with E-state index in [1.807, 2.05) is 30.5 Å². The number of aliphatic carboxylic acids is 1. The van der Waals surface area contributed by atoms with Gasteiger partial charge in [0.2, 0.25) is 0 Å². The Kier molecular flexibility index (Phi) is 7.24. The molecule has 0 fully saturated rings. The molecule has 2 heterocycles. The molecule has 0 saturated heterocycles. The lowest BCUT2D eigenvalue weighted by Crippen LogP contribution is -1.93. The Labute approximate surface area is 137 Å². The van der Waals surface area contributed by atoms with Gasteiger partial charge >= 0.3 is 5.97 Å². The number of nitrogens with zero attached hydrogens (tertiary/aromatic N) is 2. The first-order valence-electron chi connectivity index (χ1n) is 8.34. The summed E-state index contributed by atoms with van der Waals surface area (Å²) in [6, 6.07) is 9.99. The van der Waals surface area contributed by atoms with Crippen LogP contribution in [-0.2, 0) is 11.2 Å². The zero-order valence-corrected chi connectivity index (χ0v) is 13.4. The van der Waals surface area contributed by atoms with Crippen LogP contribution in [0.4, 0.5) is 0 Å². The Morgan fingerprint density at radius 2 is 1.61 bits per heavy atom. The molecule has 0 aliphatic rings. The lowest BCUT2D eigenvalue weighted by molar-refractivity contribution is -0.137. The second kappa shape index (κ2) is 9.72. The predicted octanol–water partition coefficient (Wildman–Crippen LogP) is 4.50. The van der Waals surface area contributed by atoms with Crippen molar-refractivity contribution in [1.82, 2.24) is 9.97 Å². The smallest absolute Gasteiger partial charge is 0.303 e. The second-order valence-corrected chi connectivity index (χ2v) is 5.78. The summed E-state index contributed by atoms with van der Waals surface area (Å²) in [7, 11) is 0. The van der Waals surface area contributed by atoms with Gasteiger partial charge in [0.25, 0.3) is 0 Å². The van der Waals surface area contributed by atoms with E-state index < -0.39 is 5.97 Å². The predicted molar refractivity (Wildman–Crippen MR) is 91.1 cm³/mol.